The second-order valence-electron chi connectivity index (χ2n) is 4.76. The van der Waals surface area contributed by atoms with Gasteiger partial charge in [-0.25, -0.2) is 0 Å². The van der Waals surface area contributed by atoms with E-state index in [1.165, 1.54) is 6.42 Å². The number of carbonyl (C=O) groups excluding carboxylic acids is 1. The Kier molecular flexibility index (Phi) is 7.77. The molecular formula is C12H25ClN2O. The Morgan fingerprint density at radius 1 is 1.44 bits per heavy atom. The highest BCUT2D eigenvalue weighted by atomic mass is 35.5. The molecule has 1 fully saturated rings. The van der Waals surface area contributed by atoms with Gasteiger partial charge in [0.05, 0.1) is 6.04 Å². The average molecular weight is 249 g/mol. The predicted molar refractivity (Wildman–Crippen MR) is 69.7 cm³/mol. The van der Waals surface area contributed by atoms with Crippen LogP contribution in [-0.2, 0) is 4.79 Å². The summed E-state index contributed by atoms with van der Waals surface area (Å²) in [5.41, 5.74) is 5.85. The molecule has 1 rings (SSSR count). The van der Waals surface area contributed by atoms with Gasteiger partial charge in [0.1, 0.15) is 0 Å². The molecule has 0 saturated carbocycles. The minimum Gasteiger partial charge on any atom is -0.341 e. The van der Waals surface area contributed by atoms with E-state index in [1.807, 2.05) is 4.90 Å². The van der Waals surface area contributed by atoms with Crippen LogP contribution in [0.5, 0.6) is 0 Å². The average Bonchev–Trinajstić information content (AvgIpc) is 2.42. The van der Waals surface area contributed by atoms with Crippen LogP contribution in [0.1, 0.15) is 46.0 Å². The second-order valence-corrected chi connectivity index (χ2v) is 4.76. The van der Waals surface area contributed by atoms with Gasteiger partial charge in [0, 0.05) is 13.1 Å². The SMILES string of the molecule is CCCC(N)C(=O)N1CCCC(C)CC1.Cl. The van der Waals surface area contributed by atoms with E-state index in [0.29, 0.717) is 0 Å². The molecule has 3 nitrogen and oxygen atoms in total. The van der Waals surface area contributed by atoms with Crippen LogP contribution >= 0.6 is 12.4 Å². The number of likely N-dealkylation sites (tertiary alicyclic amines) is 1. The van der Waals surface area contributed by atoms with Gasteiger partial charge >= 0.3 is 0 Å². The summed E-state index contributed by atoms with van der Waals surface area (Å²) in [5.74, 6) is 0.913. The van der Waals surface area contributed by atoms with Crippen molar-refractivity contribution in [3.05, 3.63) is 0 Å². The number of amides is 1. The number of hydrogen-bond donors (Lipinski definition) is 1. The highest BCUT2D eigenvalue weighted by molar-refractivity contribution is 5.85. The molecular weight excluding hydrogens is 224 g/mol. The first-order valence-corrected chi connectivity index (χ1v) is 6.19. The number of nitrogens with two attached hydrogens (primary N) is 1. The summed E-state index contributed by atoms with van der Waals surface area (Å²) < 4.78 is 0. The van der Waals surface area contributed by atoms with E-state index in [1.54, 1.807) is 0 Å². The number of hydrogen-bond acceptors (Lipinski definition) is 2. The van der Waals surface area contributed by atoms with Crippen LogP contribution in [-0.4, -0.2) is 29.9 Å². The van der Waals surface area contributed by atoms with E-state index in [2.05, 4.69) is 13.8 Å². The molecule has 2 unspecified atom stereocenters. The van der Waals surface area contributed by atoms with Gasteiger partial charge < -0.3 is 10.6 Å². The van der Waals surface area contributed by atoms with E-state index in [4.69, 9.17) is 5.73 Å². The lowest BCUT2D eigenvalue weighted by Gasteiger charge is -2.23. The second kappa shape index (κ2) is 7.91. The molecule has 0 aliphatic carbocycles. The molecule has 1 heterocycles. The summed E-state index contributed by atoms with van der Waals surface area (Å²) in [4.78, 5) is 13.9. The summed E-state index contributed by atoms with van der Waals surface area (Å²) >= 11 is 0. The summed E-state index contributed by atoms with van der Waals surface area (Å²) in [6.07, 6.45) is 5.30. The van der Waals surface area contributed by atoms with Gasteiger partial charge in [-0.15, -0.1) is 12.4 Å². The maximum Gasteiger partial charge on any atom is 0.239 e. The van der Waals surface area contributed by atoms with Gasteiger partial charge in [-0.05, 0) is 31.6 Å². The Balaban J connectivity index is 0.00000225. The molecule has 1 aliphatic rings. The first-order chi connectivity index (χ1) is 7.15. The van der Waals surface area contributed by atoms with Crippen molar-refractivity contribution in [1.82, 2.24) is 4.90 Å². The zero-order valence-electron chi connectivity index (χ0n) is 10.4. The van der Waals surface area contributed by atoms with Crippen LogP contribution in [0.25, 0.3) is 0 Å². The number of carbonyl (C=O) groups is 1. The van der Waals surface area contributed by atoms with Crippen LogP contribution in [0.3, 0.4) is 0 Å². The van der Waals surface area contributed by atoms with Crippen LogP contribution in [0.15, 0.2) is 0 Å². The molecule has 0 aromatic carbocycles. The highest BCUT2D eigenvalue weighted by Gasteiger charge is 2.22. The smallest absolute Gasteiger partial charge is 0.239 e. The van der Waals surface area contributed by atoms with E-state index >= 15 is 0 Å². The van der Waals surface area contributed by atoms with Crippen molar-refractivity contribution >= 4 is 18.3 Å². The summed E-state index contributed by atoms with van der Waals surface area (Å²) in [6, 6.07) is -0.275. The predicted octanol–water partition coefficient (Wildman–Crippen LogP) is 2.18. The molecule has 1 amide bonds. The fourth-order valence-corrected chi connectivity index (χ4v) is 2.15. The fourth-order valence-electron chi connectivity index (χ4n) is 2.15. The Bertz CT molecular complexity index is 211. The Labute approximate surface area is 105 Å². The molecule has 1 aliphatic heterocycles. The van der Waals surface area contributed by atoms with Crippen molar-refractivity contribution in [2.24, 2.45) is 11.7 Å². The molecule has 0 spiro atoms. The Hall–Kier alpha value is -0.280. The third-order valence-electron chi connectivity index (χ3n) is 3.25. The molecule has 4 heteroatoms. The van der Waals surface area contributed by atoms with Crippen LogP contribution < -0.4 is 5.73 Å². The van der Waals surface area contributed by atoms with E-state index in [9.17, 15) is 4.79 Å². The van der Waals surface area contributed by atoms with Crippen LogP contribution in [0.4, 0.5) is 0 Å². The van der Waals surface area contributed by atoms with Crippen molar-refractivity contribution in [2.75, 3.05) is 13.1 Å². The molecule has 96 valence electrons. The largest absolute Gasteiger partial charge is 0.341 e. The monoisotopic (exact) mass is 248 g/mol. The quantitative estimate of drug-likeness (QED) is 0.832. The van der Waals surface area contributed by atoms with Gasteiger partial charge in [-0.3, -0.25) is 4.79 Å². The normalized spacial score (nSPS) is 23.2. The molecule has 2 N–H and O–H groups in total. The van der Waals surface area contributed by atoms with Crippen molar-refractivity contribution < 1.29 is 4.79 Å². The first kappa shape index (κ1) is 15.7. The number of rotatable bonds is 3. The standard InChI is InChI=1S/C12H24N2O.ClH/c1-3-5-11(13)12(15)14-8-4-6-10(2)7-9-14;/h10-11H,3-9,13H2,1-2H3;1H. The van der Waals surface area contributed by atoms with Gasteiger partial charge in [0.25, 0.3) is 0 Å². The van der Waals surface area contributed by atoms with Crippen molar-refractivity contribution in [3.63, 3.8) is 0 Å². The number of halogens is 1. The third-order valence-corrected chi connectivity index (χ3v) is 3.25. The topological polar surface area (TPSA) is 46.3 Å². The maximum atomic E-state index is 11.9. The summed E-state index contributed by atoms with van der Waals surface area (Å²) in [5, 5.41) is 0. The number of nitrogens with zero attached hydrogens (tertiary/aromatic N) is 1. The minimum absolute atomic E-state index is 0. The Morgan fingerprint density at radius 2 is 2.12 bits per heavy atom. The van der Waals surface area contributed by atoms with Crippen LogP contribution in [0, 0.1) is 5.92 Å². The van der Waals surface area contributed by atoms with Gasteiger partial charge in [0.15, 0.2) is 0 Å². The molecule has 0 aromatic heterocycles. The molecule has 0 bridgehead atoms. The zero-order chi connectivity index (χ0) is 11.3. The maximum absolute atomic E-state index is 11.9. The molecule has 0 radical (unpaired) electrons. The molecule has 1 saturated heterocycles. The van der Waals surface area contributed by atoms with E-state index < -0.39 is 0 Å². The van der Waals surface area contributed by atoms with Crippen molar-refractivity contribution in [2.45, 2.75) is 52.0 Å². The van der Waals surface area contributed by atoms with Crippen molar-refractivity contribution in [1.29, 1.82) is 0 Å². The Morgan fingerprint density at radius 3 is 2.75 bits per heavy atom. The highest BCUT2D eigenvalue weighted by Crippen LogP contribution is 2.17. The molecule has 0 aromatic rings. The molecule has 16 heavy (non-hydrogen) atoms. The lowest BCUT2D eigenvalue weighted by Crippen LogP contribution is -2.44. The first-order valence-electron chi connectivity index (χ1n) is 6.19. The van der Waals surface area contributed by atoms with Gasteiger partial charge in [-0.2, -0.15) is 0 Å². The van der Waals surface area contributed by atoms with Gasteiger partial charge in [0.2, 0.25) is 5.91 Å². The zero-order valence-corrected chi connectivity index (χ0v) is 11.3. The minimum atomic E-state index is -0.275. The van der Waals surface area contributed by atoms with Gasteiger partial charge in [-0.1, -0.05) is 20.3 Å². The lowest BCUT2D eigenvalue weighted by molar-refractivity contribution is -0.132. The van der Waals surface area contributed by atoms with E-state index in [-0.39, 0.29) is 24.4 Å². The van der Waals surface area contributed by atoms with Crippen molar-refractivity contribution in [3.8, 4) is 0 Å². The van der Waals surface area contributed by atoms with Crippen LogP contribution in [0.2, 0.25) is 0 Å². The molecule has 2 atom stereocenters. The third kappa shape index (κ3) is 4.71. The summed E-state index contributed by atoms with van der Waals surface area (Å²) in [7, 11) is 0. The van der Waals surface area contributed by atoms with E-state index in [0.717, 1.165) is 44.7 Å². The summed E-state index contributed by atoms with van der Waals surface area (Å²) in [6.45, 7) is 6.13. The fraction of sp³-hybridized carbons (Fsp3) is 0.917. The lowest BCUT2D eigenvalue weighted by atomic mass is 10.0.